The number of aromatic carboxylic acids is 1. The second-order valence-corrected chi connectivity index (χ2v) is 4.83. The molecule has 0 fully saturated rings. The molecule has 0 bridgehead atoms. The summed E-state index contributed by atoms with van der Waals surface area (Å²) in [6.07, 6.45) is 1.63. The van der Waals surface area contributed by atoms with Crippen molar-refractivity contribution < 1.29 is 14.7 Å². The number of hydrogen-bond donors (Lipinski definition) is 2. The van der Waals surface area contributed by atoms with Crippen LogP contribution in [0.25, 0.3) is 10.9 Å². The summed E-state index contributed by atoms with van der Waals surface area (Å²) >= 11 is 0. The number of aromatic nitrogens is 1. The number of carboxylic acid groups (broad SMARTS) is 1. The van der Waals surface area contributed by atoms with Crippen molar-refractivity contribution in [3.8, 4) is 0 Å². The molecular weight excluding hydrogens is 270 g/mol. The number of benzene rings is 1. The fourth-order valence-corrected chi connectivity index (χ4v) is 2.01. The van der Waals surface area contributed by atoms with Crippen LogP contribution < -0.4 is 5.32 Å². The van der Waals surface area contributed by atoms with E-state index in [1.165, 1.54) is 11.1 Å². The molecule has 6 heteroatoms. The predicted octanol–water partition coefficient (Wildman–Crippen LogP) is 1.82. The second kappa shape index (κ2) is 6.21. The Bertz CT molecular complexity index is 683. The van der Waals surface area contributed by atoms with Crippen LogP contribution in [-0.4, -0.2) is 47.5 Å². The van der Waals surface area contributed by atoms with Crippen LogP contribution in [0.3, 0.4) is 0 Å². The maximum atomic E-state index is 11.6. The highest BCUT2D eigenvalue weighted by molar-refractivity contribution is 6.04. The van der Waals surface area contributed by atoms with E-state index >= 15 is 0 Å². The number of nitrogens with zero attached hydrogens (tertiary/aromatic N) is 2. The highest BCUT2D eigenvalue weighted by atomic mass is 16.4. The Morgan fingerprint density at radius 1 is 1.29 bits per heavy atom. The van der Waals surface area contributed by atoms with Gasteiger partial charge in [0.05, 0.1) is 11.2 Å². The summed E-state index contributed by atoms with van der Waals surface area (Å²) in [6.45, 7) is 0.366. The lowest BCUT2D eigenvalue weighted by molar-refractivity contribution is -0.128. The molecule has 2 N–H and O–H groups in total. The first-order chi connectivity index (χ1) is 10.0. The Balaban J connectivity index is 2.29. The van der Waals surface area contributed by atoms with Crippen molar-refractivity contribution in [1.82, 2.24) is 9.88 Å². The van der Waals surface area contributed by atoms with Crippen LogP contribution in [0.4, 0.5) is 5.69 Å². The summed E-state index contributed by atoms with van der Waals surface area (Å²) in [5.41, 5.74) is 1.31. The molecule has 1 amide bonds. The number of anilines is 1. The number of rotatable bonds is 5. The van der Waals surface area contributed by atoms with E-state index in [0.717, 1.165) is 5.39 Å². The molecule has 110 valence electrons. The van der Waals surface area contributed by atoms with Crippen LogP contribution in [0.2, 0.25) is 0 Å². The van der Waals surface area contributed by atoms with Gasteiger partial charge in [-0.25, -0.2) is 4.79 Å². The molecule has 0 saturated carbocycles. The maximum Gasteiger partial charge on any atom is 0.339 e. The van der Waals surface area contributed by atoms with Gasteiger partial charge in [0.2, 0.25) is 5.91 Å². The molecule has 0 radical (unpaired) electrons. The summed E-state index contributed by atoms with van der Waals surface area (Å²) in [5.74, 6) is -1.06. The summed E-state index contributed by atoms with van der Waals surface area (Å²) < 4.78 is 0. The molecule has 0 aliphatic carbocycles. The summed E-state index contributed by atoms with van der Waals surface area (Å²) in [7, 11) is 3.37. The highest BCUT2D eigenvalue weighted by Crippen LogP contribution is 2.25. The maximum absolute atomic E-state index is 11.6. The van der Waals surface area contributed by atoms with Gasteiger partial charge in [0.15, 0.2) is 0 Å². The van der Waals surface area contributed by atoms with Gasteiger partial charge in [-0.2, -0.15) is 0 Å². The zero-order valence-electron chi connectivity index (χ0n) is 12.0. The number of carbonyl (C=O) groups is 2. The standard InChI is InChI=1S/C15H17N3O3/c1-18(2)13(19)7-8-16-14-10-5-3-4-6-12(10)17-9-11(14)15(20)21/h3-6,9H,7-8H2,1-2H3,(H,16,17)(H,20,21). The van der Waals surface area contributed by atoms with Gasteiger partial charge < -0.3 is 15.3 Å². The Morgan fingerprint density at radius 3 is 2.67 bits per heavy atom. The zero-order valence-corrected chi connectivity index (χ0v) is 12.0. The van der Waals surface area contributed by atoms with Crippen molar-refractivity contribution in [2.75, 3.05) is 26.0 Å². The Morgan fingerprint density at radius 2 is 2.00 bits per heavy atom. The first-order valence-electron chi connectivity index (χ1n) is 6.55. The van der Waals surface area contributed by atoms with Crippen molar-refractivity contribution in [3.05, 3.63) is 36.0 Å². The predicted molar refractivity (Wildman–Crippen MR) is 80.5 cm³/mol. The van der Waals surface area contributed by atoms with E-state index in [4.69, 9.17) is 0 Å². The van der Waals surface area contributed by atoms with Gasteiger partial charge >= 0.3 is 5.97 Å². The minimum atomic E-state index is -1.05. The third-order valence-electron chi connectivity index (χ3n) is 3.15. The lowest BCUT2D eigenvalue weighted by Gasteiger charge is -2.14. The molecule has 0 aliphatic heterocycles. The van der Waals surface area contributed by atoms with Gasteiger partial charge in [0.25, 0.3) is 0 Å². The smallest absolute Gasteiger partial charge is 0.339 e. The molecule has 1 aromatic heterocycles. The lowest BCUT2D eigenvalue weighted by Crippen LogP contribution is -2.24. The summed E-state index contributed by atoms with van der Waals surface area (Å²) in [6, 6.07) is 7.29. The molecule has 1 aromatic carbocycles. The molecule has 6 nitrogen and oxygen atoms in total. The number of carboxylic acids is 1. The van der Waals surface area contributed by atoms with E-state index in [-0.39, 0.29) is 11.5 Å². The van der Waals surface area contributed by atoms with Crippen LogP contribution in [0, 0.1) is 0 Å². The van der Waals surface area contributed by atoms with Crippen LogP contribution in [0.15, 0.2) is 30.5 Å². The highest BCUT2D eigenvalue weighted by Gasteiger charge is 2.14. The van der Waals surface area contributed by atoms with E-state index in [0.29, 0.717) is 24.2 Å². The molecule has 0 spiro atoms. The zero-order chi connectivity index (χ0) is 15.4. The van der Waals surface area contributed by atoms with E-state index in [1.807, 2.05) is 24.3 Å². The monoisotopic (exact) mass is 287 g/mol. The van der Waals surface area contributed by atoms with Crippen molar-refractivity contribution in [3.63, 3.8) is 0 Å². The topological polar surface area (TPSA) is 82.5 Å². The minimum absolute atomic E-state index is 0.0160. The van der Waals surface area contributed by atoms with Crippen molar-refractivity contribution in [2.45, 2.75) is 6.42 Å². The Kier molecular flexibility index (Phi) is 4.37. The Hall–Kier alpha value is -2.63. The molecule has 2 aromatic rings. The van der Waals surface area contributed by atoms with Crippen molar-refractivity contribution in [2.24, 2.45) is 0 Å². The van der Waals surface area contributed by atoms with E-state index in [9.17, 15) is 14.7 Å². The molecule has 1 heterocycles. The molecule has 0 unspecified atom stereocenters. The fraction of sp³-hybridized carbons (Fsp3) is 0.267. The Labute approximate surface area is 122 Å². The molecule has 0 aliphatic rings. The quantitative estimate of drug-likeness (QED) is 0.876. The normalized spacial score (nSPS) is 10.4. The van der Waals surface area contributed by atoms with Crippen LogP contribution in [0.1, 0.15) is 16.8 Å². The first kappa shape index (κ1) is 14.8. The lowest BCUT2D eigenvalue weighted by atomic mass is 10.1. The van der Waals surface area contributed by atoms with Crippen LogP contribution >= 0.6 is 0 Å². The fourth-order valence-electron chi connectivity index (χ4n) is 2.01. The van der Waals surface area contributed by atoms with Crippen LogP contribution in [-0.2, 0) is 4.79 Å². The first-order valence-corrected chi connectivity index (χ1v) is 6.55. The van der Waals surface area contributed by atoms with Gasteiger partial charge in [-0.3, -0.25) is 9.78 Å². The number of hydrogen-bond acceptors (Lipinski definition) is 4. The number of amides is 1. The van der Waals surface area contributed by atoms with Crippen molar-refractivity contribution >= 4 is 28.5 Å². The average molecular weight is 287 g/mol. The van der Waals surface area contributed by atoms with E-state index in [1.54, 1.807) is 14.1 Å². The van der Waals surface area contributed by atoms with Gasteiger partial charge in [0.1, 0.15) is 5.56 Å². The third-order valence-corrected chi connectivity index (χ3v) is 3.15. The number of fused-ring (bicyclic) bond motifs is 1. The van der Waals surface area contributed by atoms with Gasteiger partial charge in [-0.1, -0.05) is 18.2 Å². The number of nitrogens with one attached hydrogen (secondary N) is 1. The third kappa shape index (κ3) is 3.28. The van der Waals surface area contributed by atoms with E-state index in [2.05, 4.69) is 10.3 Å². The second-order valence-electron chi connectivity index (χ2n) is 4.83. The van der Waals surface area contributed by atoms with E-state index < -0.39 is 5.97 Å². The SMILES string of the molecule is CN(C)C(=O)CCNc1c(C(=O)O)cnc2ccccc12. The molecule has 2 rings (SSSR count). The molecule has 21 heavy (non-hydrogen) atoms. The number of para-hydroxylation sites is 1. The number of carbonyl (C=O) groups excluding carboxylic acids is 1. The van der Waals surface area contributed by atoms with Gasteiger partial charge in [0, 0.05) is 38.6 Å². The average Bonchev–Trinajstić information content (AvgIpc) is 2.46. The number of pyridine rings is 1. The molecule has 0 atom stereocenters. The largest absolute Gasteiger partial charge is 0.478 e. The van der Waals surface area contributed by atoms with Crippen molar-refractivity contribution in [1.29, 1.82) is 0 Å². The summed E-state index contributed by atoms with van der Waals surface area (Å²) in [4.78, 5) is 28.5. The molecule has 0 saturated heterocycles. The van der Waals surface area contributed by atoms with Crippen LogP contribution in [0.5, 0.6) is 0 Å². The minimum Gasteiger partial charge on any atom is -0.478 e. The van der Waals surface area contributed by atoms with Gasteiger partial charge in [-0.15, -0.1) is 0 Å². The summed E-state index contributed by atoms with van der Waals surface area (Å²) in [5, 5.41) is 13.1. The van der Waals surface area contributed by atoms with Gasteiger partial charge in [-0.05, 0) is 6.07 Å². The molecular formula is C15H17N3O3.